The molecule has 0 amide bonds. The molecule has 0 unspecified atom stereocenters. The van der Waals surface area contributed by atoms with E-state index in [1.165, 1.54) is 5.56 Å². The largest absolute Gasteiger partial charge is 0.497 e. The van der Waals surface area contributed by atoms with Gasteiger partial charge in [0.15, 0.2) is 5.78 Å². The zero-order valence-electron chi connectivity index (χ0n) is 10.9. The van der Waals surface area contributed by atoms with Gasteiger partial charge >= 0.3 is 0 Å². The molecule has 0 aromatic heterocycles. The van der Waals surface area contributed by atoms with Gasteiger partial charge in [0.25, 0.3) is 0 Å². The number of rotatable bonds is 4. The summed E-state index contributed by atoms with van der Waals surface area (Å²) in [6.07, 6.45) is 0.956. The van der Waals surface area contributed by atoms with E-state index in [4.69, 9.17) is 16.3 Å². The van der Waals surface area contributed by atoms with Gasteiger partial charge in [-0.15, -0.1) is 0 Å². The van der Waals surface area contributed by atoms with Crippen LogP contribution in [-0.4, -0.2) is 12.9 Å². The summed E-state index contributed by atoms with van der Waals surface area (Å²) in [7, 11) is 1.57. The molecule has 0 aliphatic heterocycles. The summed E-state index contributed by atoms with van der Waals surface area (Å²) in [5.74, 6) is 0.568. The maximum Gasteiger partial charge on any atom is 0.194 e. The standard InChI is InChI=1S/C16H15ClO2/c1-3-11-4-6-12(7-5-11)16(18)14-9-8-13(19-2)10-15(14)17/h4-10H,3H2,1-2H3. The van der Waals surface area contributed by atoms with Crippen molar-refractivity contribution in [2.45, 2.75) is 13.3 Å². The average molecular weight is 275 g/mol. The molecule has 0 aliphatic rings. The van der Waals surface area contributed by atoms with Crippen LogP contribution in [0.5, 0.6) is 5.75 Å². The number of carbonyl (C=O) groups is 1. The van der Waals surface area contributed by atoms with E-state index in [2.05, 4.69) is 6.92 Å². The molecule has 0 N–H and O–H groups in total. The van der Waals surface area contributed by atoms with E-state index in [1.54, 1.807) is 25.3 Å². The Labute approximate surface area is 118 Å². The minimum Gasteiger partial charge on any atom is -0.497 e. The van der Waals surface area contributed by atoms with Crippen molar-refractivity contribution in [2.24, 2.45) is 0 Å². The van der Waals surface area contributed by atoms with E-state index in [-0.39, 0.29) is 5.78 Å². The smallest absolute Gasteiger partial charge is 0.194 e. The normalized spacial score (nSPS) is 10.3. The molecule has 0 heterocycles. The third-order valence-electron chi connectivity index (χ3n) is 3.05. The van der Waals surface area contributed by atoms with Gasteiger partial charge < -0.3 is 4.74 Å². The van der Waals surface area contributed by atoms with Gasteiger partial charge in [-0.05, 0) is 30.2 Å². The third-order valence-corrected chi connectivity index (χ3v) is 3.36. The van der Waals surface area contributed by atoms with Gasteiger partial charge in [-0.2, -0.15) is 0 Å². The van der Waals surface area contributed by atoms with Gasteiger partial charge in [0, 0.05) is 11.1 Å². The highest BCUT2D eigenvalue weighted by atomic mass is 35.5. The molecule has 2 aromatic rings. The SMILES string of the molecule is CCc1ccc(C(=O)c2ccc(OC)cc2Cl)cc1. The molecule has 2 nitrogen and oxygen atoms in total. The number of hydrogen-bond acceptors (Lipinski definition) is 2. The van der Waals surface area contributed by atoms with E-state index in [1.807, 2.05) is 24.3 Å². The van der Waals surface area contributed by atoms with Crippen molar-refractivity contribution in [2.75, 3.05) is 7.11 Å². The fraction of sp³-hybridized carbons (Fsp3) is 0.188. The first-order valence-electron chi connectivity index (χ1n) is 6.13. The van der Waals surface area contributed by atoms with Crippen molar-refractivity contribution in [3.8, 4) is 5.75 Å². The fourth-order valence-electron chi connectivity index (χ4n) is 1.85. The molecule has 0 atom stereocenters. The van der Waals surface area contributed by atoms with Crippen LogP contribution in [0.3, 0.4) is 0 Å². The van der Waals surface area contributed by atoms with Crippen LogP contribution in [0.4, 0.5) is 0 Å². The minimum absolute atomic E-state index is 0.0738. The Bertz CT molecular complexity index is 588. The molecule has 0 aliphatic carbocycles. The molecule has 0 saturated carbocycles. The first kappa shape index (κ1) is 13.6. The predicted octanol–water partition coefficient (Wildman–Crippen LogP) is 4.14. The molecular formula is C16H15ClO2. The lowest BCUT2D eigenvalue weighted by Gasteiger charge is -2.06. The number of carbonyl (C=O) groups excluding carboxylic acids is 1. The van der Waals surface area contributed by atoms with E-state index in [0.717, 1.165) is 6.42 Å². The number of benzene rings is 2. The molecule has 3 heteroatoms. The van der Waals surface area contributed by atoms with E-state index in [9.17, 15) is 4.79 Å². The summed E-state index contributed by atoms with van der Waals surface area (Å²) in [5, 5.41) is 0.406. The van der Waals surface area contributed by atoms with Crippen molar-refractivity contribution in [3.63, 3.8) is 0 Å². The maximum atomic E-state index is 12.3. The number of hydrogen-bond donors (Lipinski definition) is 0. The highest BCUT2D eigenvalue weighted by Gasteiger charge is 2.13. The molecule has 19 heavy (non-hydrogen) atoms. The quantitative estimate of drug-likeness (QED) is 0.783. The van der Waals surface area contributed by atoms with Crippen molar-refractivity contribution in [1.29, 1.82) is 0 Å². The van der Waals surface area contributed by atoms with Crippen molar-refractivity contribution < 1.29 is 9.53 Å². The van der Waals surface area contributed by atoms with Crippen LogP contribution in [0, 0.1) is 0 Å². The van der Waals surface area contributed by atoms with E-state index < -0.39 is 0 Å². The zero-order chi connectivity index (χ0) is 13.8. The number of aryl methyl sites for hydroxylation is 1. The summed E-state index contributed by atoms with van der Waals surface area (Å²) >= 11 is 6.11. The van der Waals surface area contributed by atoms with Gasteiger partial charge in [-0.3, -0.25) is 4.79 Å². The Morgan fingerprint density at radius 2 is 1.84 bits per heavy atom. The van der Waals surface area contributed by atoms with Crippen LogP contribution < -0.4 is 4.74 Å². The fourth-order valence-corrected chi connectivity index (χ4v) is 2.11. The molecule has 2 aromatic carbocycles. The number of ketones is 1. The van der Waals surface area contributed by atoms with Gasteiger partial charge in [0.1, 0.15) is 5.75 Å². The summed E-state index contributed by atoms with van der Waals surface area (Å²) < 4.78 is 5.07. The summed E-state index contributed by atoms with van der Waals surface area (Å²) in [4.78, 5) is 12.3. The Hall–Kier alpha value is -1.80. The first-order valence-corrected chi connectivity index (χ1v) is 6.50. The third kappa shape index (κ3) is 2.96. The lowest BCUT2D eigenvalue weighted by Crippen LogP contribution is -2.02. The van der Waals surface area contributed by atoms with Gasteiger partial charge in [-0.25, -0.2) is 0 Å². The van der Waals surface area contributed by atoms with Crippen LogP contribution in [0.15, 0.2) is 42.5 Å². The zero-order valence-corrected chi connectivity index (χ0v) is 11.7. The van der Waals surface area contributed by atoms with E-state index in [0.29, 0.717) is 21.9 Å². The van der Waals surface area contributed by atoms with E-state index >= 15 is 0 Å². The number of halogens is 1. The molecule has 0 spiro atoms. The molecule has 0 bridgehead atoms. The van der Waals surface area contributed by atoms with Crippen LogP contribution >= 0.6 is 11.6 Å². The molecule has 0 saturated heterocycles. The second kappa shape index (κ2) is 5.89. The van der Waals surface area contributed by atoms with Gasteiger partial charge in [0.2, 0.25) is 0 Å². The second-order valence-electron chi connectivity index (χ2n) is 4.23. The topological polar surface area (TPSA) is 26.3 Å². The summed E-state index contributed by atoms with van der Waals surface area (Å²) in [5.41, 5.74) is 2.34. The Morgan fingerprint density at radius 3 is 2.37 bits per heavy atom. The number of methoxy groups -OCH3 is 1. The Balaban J connectivity index is 2.32. The van der Waals surface area contributed by atoms with Crippen molar-refractivity contribution >= 4 is 17.4 Å². The second-order valence-corrected chi connectivity index (χ2v) is 4.63. The first-order chi connectivity index (χ1) is 9.15. The minimum atomic E-state index is -0.0738. The summed E-state index contributed by atoms with van der Waals surface area (Å²) in [6.45, 7) is 2.08. The van der Waals surface area contributed by atoms with Crippen LogP contribution in [-0.2, 0) is 6.42 Å². The number of ether oxygens (including phenoxy) is 1. The molecule has 2 rings (SSSR count). The molecule has 0 radical (unpaired) electrons. The highest BCUT2D eigenvalue weighted by Crippen LogP contribution is 2.24. The molecule has 98 valence electrons. The average Bonchev–Trinajstić information content (AvgIpc) is 2.46. The maximum absolute atomic E-state index is 12.3. The molecule has 0 fully saturated rings. The van der Waals surface area contributed by atoms with Crippen LogP contribution in [0.1, 0.15) is 28.4 Å². The monoisotopic (exact) mass is 274 g/mol. The van der Waals surface area contributed by atoms with Crippen molar-refractivity contribution in [3.05, 3.63) is 64.2 Å². The van der Waals surface area contributed by atoms with Gasteiger partial charge in [0.05, 0.1) is 12.1 Å². The lowest BCUT2D eigenvalue weighted by atomic mass is 10.0. The van der Waals surface area contributed by atoms with Gasteiger partial charge in [-0.1, -0.05) is 42.8 Å². The summed E-state index contributed by atoms with van der Waals surface area (Å²) in [6, 6.07) is 12.7. The van der Waals surface area contributed by atoms with Crippen LogP contribution in [0.2, 0.25) is 5.02 Å². The predicted molar refractivity (Wildman–Crippen MR) is 77.3 cm³/mol. The Morgan fingerprint density at radius 1 is 1.16 bits per heavy atom. The lowest BCUT2D eigenvalue weighted by molar-refractivity contribution is 0.103. The Kier molecular flexibility index (Phi) is 4.23. The van der Waals surface area contributed by atoms with Crippen molar-refractivity contribution in [1.82, 2.24) is 0 Å². The highest BCUT2D eigenvalue weighted by molar-refractivity contribution is 6.35. The van der Waals surface area contributed by atoms with Crippen LogP contribution in [0.25, 0.3) is 0 Å². The molecular weight excluding hydrogens is 260 g/mol.